The highest BCUT2D eigenvalue weighted by molar-refractivity contribution is 5.58. The van der Waals surface area contributed by atoms with Crippen molar-refractivity contribution in [3.05, 3.63) is 52.3 Å². The molecule has 0 radical (unpaired) electrons. The van der Waals surface area contributed by atoms with Crippen LogP contribution >= 0.6 is 0 Å². The van der Waals surface area contributed by atoms with Crippen LogP contribution in [-0.2, 0) is 11.3 Å². The molecule has 3 rings (SSSR count). The molecular formula is C16H20N4O3. The predicted octanol–water partition coefficient (Wildman–Crippen LogP) is 2.78. The van der Waals surface area contributed by atoms with Crippen LogP contribution in [0.1, 0.15) is 24.4 Å². The number of ether oxygens (including phenoxy) is 1. The molecule has 2 heterocycles. The minimum atomic E-state index is -0.368. The lowest BCUT2D eigenvalue weighted by atomic mass is 10.0. The number of non-ortho nitro benzene ring substituents is 1. The van der Waals surface area contributed by atoms with E-state index in [2.05, 4.69) is 10.00 Å². The summed E-state index contributed by atoms with van der Waals surface area (Å²) >= 11 is 0. The molecule has 1 aromatic carbocycles. The second kappa shape index (κ2) is 6.78. The van der Waals surface area contributed by atoms with Crippen LogP contribution in [-0.4, -0.2) is 34.9 Å². The number of hydrogen-bond donors (Lipinski definition) is 0. The molecule has 1 aromatic heterocycles. The maximum absolute atomic E-state index is 11.0. The molecule has 0 aliphatic carbocycles. The molecule has 0 spiro atoms. The van der Waals surface area contributed by atoms with E-state index in [1.54, 1.807) is 25.4 Å². The third kappa shape index (κ3) is 3.34. The van der Waals surface area contributed by atoms with E-state index >= 15 is 0 Å². The van der Waals surface area contributed by atoms with Crippen molar-refractivity contribution in [1.29, 1.82) is 0 Å². The van der Waals surface area contributed by atoms with Gasteiger partial charge in [0.25, 0.3) is 5.69 Å². The molecule has 0 bridgehead atoms. The Bertz CT molecular complexity index is 664. The molecule has 1 saturated heterocycles. The van der Waals surface area contributed by atoms with E-state index in [1.807, 2.05) is 23.0 Å². The summed E-state index contributed by atoms with van der Waals surface area (Å²) in [7, 11) is 1.60. The smallest absolute Gasteiger partial charge is 0.269 e. The van der Waals surface area contributed by atoms with Crippen molar-refractivity contribution in [2.45, 2.75) is 25.5 Å². The molecule has 7 heteroatoms. The average molecular weight is 316 g/mol. The van der Waals surface area contributed by atoms with Crippen molar-refractivity contribution in [1.82, 2.24) is 9.78 Å². The molecule has 23 heavy (non-hydrogen) atoms. The predicted molar refractivity (Wildman–Crippen MR) is 86.5 cm³/mol. The number of benzene rings is 1. The Kier molecular flexibility index (Phi) is 4.57. The minimum Gasteiger partial charge on any atom is -0.380 e. The SMILES string of the molecule is COCc1cc([N+](=O)[O-])ccc1N1CCC(n2cccn2)CC1. The van der Waals surface area contributed by atoms with Crippen LogP contribution in [0.3, 0.4) is 0 Å². The highest BCUT2D eigenvalue weighted by Gasteiger charge is 2.23. The molecule has 0 N–H and O–H groups in total. The maximum Gasteiger partial charge on any atom is 0.269 e. The summed E-state index contributed by atoms with van der Waals surface area (Å²) in [5.74, 6) is 0. The molecular weight excluding hydrogens is 296 g/mol. The number of hydrogen-bond acceptors (Lipinski definition) is 5. The standard InChI is InChI=1S/C16H20N4O3/c1-23-12-13-11-15(20(21)22)3-4-16(13)18-9-5-14(6-10-18)19-8-2-7-17-19/h2-4,7-8,11,14H,5-6,9-10,12H2,1H3. The molecule has 2 aromatic rings. The van der Waals surface area contributed by atoms with E-state index in [0.29, 0.717) is 12.6 Å². The summed E-state index contributed by atoms with van der Waals surface area (Å²) in [5, 5.41) is 15.3. The summed E-state index contributed by atoms with van der Waals surface area (Å²) in [5.41, 5.74) is 1.99. The van der Waals surface area contributed by atoms with Crippen LogP contribution in [0.25, 0.3) is 0 Å². The quantitative estimate of drug-likeness (QED) is 0.626. The van der Waals surface area contributed by atoms with Gasteiger partial charge in [-0.25, -0.2) is 0 Å². The van der Waals surface area contributed by atoms with Crippen molar-refractivity contribution in [3.8, 4) is 0 Å². The summed E-state index contributed by atoms with van der Waals surface area (Å²) < 4.78 is 7.23. The number of nitro groups is 1. The summed E-state index contributed by atoms with van der Waals surface area (Å²) in [6.45, 7) is 2.17. The van der Waals surface area contributed by atoms with Crippen LogP contribution in [0.5, 0.6) is 0 Å². The molecule has 0 unspecified atom stereocenters. The largest absolute Gasteiger partial charge is 0.380 e. The van der Waals surface area contributed by atoms with Gasteiger partial charge in [0.1, 0.15) is 0 Å². The minimum absolute atomic E-state index is 0.104. The lowest BCUT2D eigenvalue weighted by molar-refractivity contribution is -0.384. The highest BCUT2D eigenvalue weighted by Crippen LogP contribution is 2.31. The fourth-order valence-corrected chi connectivity index (χ4v) is 3.13. The zero-order valence-electron chi connectivity index (χ0n) is 13.1. The van der Waals surface area contributed by atoms with E-state index in [0.717, 1.165) is 37.2 Å². The number of anilines is 1. The Labute approximate surface area is 134 Å². The molecule has 0 saturated carbocycles. The Balaban J connectivity index is 1.75. The topological polar surface area (TPSA) is 73.4 Å². The molecule has 1 aliphatic heterocycles. The van der Waals surface area contributed by atoms with Crippen LogP contribution < -0.4 is 4.90 Å². The van der Waals surface area contributed by atoms with Gasteiger partial charge in [-0.3, -0.25) is 14.8 Å². The third-order valence-electron chi connectivity index (χ3n) is 4.28. The van der Waals surface area contributed by atoms with Crippen molar-refractivity contribution < 1.29 is 9.66 Å². The third-order valence-corrected chi connectivity index (χ3v) is 4.28. The van der Waals surface area contributed by atoms with Gasteiger partial charge in [-0.05, 0) is 25.0 Å². The molecule has 122 valence electrons. The van der Waals surface area contributed by atoms with Crippen LogP contribution in [0.15, 0.2) is 36.7 Å². The monoisotopic (exact) mass is 316 g/mol. The normalized spacial score (nSPS) is 15.8. The number of nitrogens with zero attached hydrogens (tertiary/aromatic N) is 4. The fraction of sp³-hybridized carbons (Fsp3) is 0.438. The summed E-state index contributed by atoms with van der Waals surface area (Å²) in [4.78, 5) is 12.9. The van der Waals surface area contributed by atoms with Crippen molar-refractivity contribution >= 4 is 11.4 Å². The molecule has 0 atom stereocenters. The van der Waals surface area contributed by atoms with Crippen LogP contribution in [0.2, 0.25) is 0 Å². The number of rotatable bonds is 5. The number of aromatic nitrogens is 2. The first-order valence-corrected chi connectivity index (χ1v) is 7.69. The van der Waals surface area contributed by atoms with Gasteiger partial charge in [0.2, 0.25) is 0 Å². The number of methoxy groups -OCH3 is 1. The fourth-order valence-electron chi connectivity index (χ4n) is 3.13. The van der Waals surface area contributed by atoms with Gasteiger partial charge >= 0.3 is 0 Å². The maximum atomic E-state index is 11.0. The van der Waals surface area contributed by atoms with Crippen molar-refractivity contribution in [2.75, 3.05) is 25.1 Å². The Morgan fingerprint density at radius 3 is 2.78 bits per heavy atom. The summed E-state index contributed by atoms with van der Waals surface area (Å²) in [6.07, 6.45) is 5.82. The van der Waals surface area contributed by atoms with Gasteiger partial charge in [0, 0.05) is 56.0 Å². The van der Waals surface area contributed by atoms with Gasteiger partial charge in [-0.1, -0.05) is 0 Å². The van der Waals surface area contributed by atoms with E-state index in [9.17, 15) is 10.1 Å². The Morgan fingerprint density at radius 1 is 1.39 bits per heavy atom. The summed E-state index contributed by atoms with van der Waals surface area (Å²) in [6, 6.07) is 7.37. The van der Waals surface area contributed by atoms with Crippen LogP contribution in [0.4, 0.5) is 11.4 Å². The van der Waals surface area contributed by atoms with E-state index in [4.69, 9.17) is 4.74 Å². The molecule has 1 aliphatic rings. The molecule has 7 nitrogen and oxygen atoms in total. The first-order valence-electron chi connectivity index (χ1n) is 7.69. The van der Waals surface area contributed by atoms with E-state index in [-0.39, 0.29) is 10.6 Å². The molecule has 1 fully saturated rings. The van der Waals surface area contributed by atoms with Gasteiger partial charge in [0.15, 0.2) is 0 Å². The lowest BCUT2D eigenvalue weighted by Gasteiger charge is -2.34. The first kappa shape index (κ1) is 15.5. The van der Waals surface area contributed by atoms with Gasteiger partial charge < -0.3 is 9.64 Å². The number of piperidine rings is 1. The lowest BCUT2D eigenvalue weighted by Crippen LogP contribution is -2.35. The van der Waals surface area contributed by atoms with E-state index < -0.39 is 0 Å². The van der Waals surface area contributed by atoms with Crippen LogP contribution in [0, 0.1) is 10.1 Å². The van der Waals surface area contributed by atoms with E-state index in [1.165, 1.54) is 0 Å². The average Bonchev–Trinajstić information content (AvgIpc) is 3.10. The Hall–Kier alpha value is -2.41. The van der Waals surface area contributed by atoms with Gasteiger partial charge in [-0.2, -0.15) is 5.10 Å². The zero-order chi connectivity index (χ0) is 16.2. The Morgan fingerprint density at radius 2 is 2.17 bits per heavy atom. The first-order chi connectivity index (χ1) is 11.2. The second-order valence-electron chi connectivity index (χ2n) is 5.71. The van der Waals surface area contributed by atoms with Crippen molar-refractivity contribution in [2.24, 2.45) is 0 Å². The van der Waals surface area contributed by atoms with Crippen molar-refractivity contribution in [3.63, 3.8) is 0 Å². The van der Waals surface area contributed by atoms with Gasteiger partial charge in [0.05, 0.1) is 17.6 Å². The highest BCUT2D eigenvalue weighted by atomic mass is 16.6. The number of nitro benzene ring substituents is 1. The van der Waals surface area contributed by atoms with Gasteiger partial charge in [-0.15, -0.1) is 0 Å². The zero-order valence-corrected chi connectivity index (χ0v) is 13.1. The second-order valence-corrected chi connectivity index (χ2v) is 5.71. The molecule has 0 amide bonds.